The molecule has 0 atom stereocenters. The minimum absolute atomic E-state index is 0.0122. The van der Waals surface area contributed by atoms with Crippen molar-refractivity contribution in [2.45, 2.75) is 25.8 Å². The van der Waals surface area contributed by atoms with Crippen LogP contribution in [-0.4, -0.2) is 23.2 Å². The fourth-order valence-electron chi connectivity index (χ4n) is 1.44. The van der Waals surface area contributed by atoms with Gasteiger partial charge in [-0.1, -0.05) is 11.6 Å². The van der Waals surface area contributed by atoms with Gasteiger partial charge in [-0.25, -0.2) is 0 Å². The van der Waals surface area contributed by atoms with E-state index in [-0.39, 0.29) is 12.5 Å². The maximum Gasteiger partial charge on any atom is 0.253 e. The van der Waals surface area contributed by atoms with E-state index in [2.05, 4.69) is 5.32 Å². The van der Waals surface area contributed by atoms with Crippen LogP contribution in [0.2, 0.25) is 5.02 Å². The quantitative estimate of drug-likeness (QED) is 0.720. The highest BCUT2D eigenvalue weighted by atomic mass is 35.5. The van der Waals surface area contributed by atoms with Gasteiger partial charge in [0.25, 0.3) is 5.91 Å². The number of hydrogen-bond acceptors (Lipinski definition) is 3. The Morgan fingerprint density at radius 2 is 2.18 bits per heavy atom. The van der Waals surface area contributed by atoms with E-state index in [1.807, 2.05) is 13.8 Å². The molecule has 0 radical (unpaired) electrons. The Balaban J connectivity index is 2.86. The highest BCUT2D eigenvalue weighted by molar-refractivity contribution is 6.31. The second-order valence-electron chi connectivity index (χ2n) is 4.54. The summed E-state index contributed by atoms with van der Waals surface area (Å²) in [6.45, 7) is 3.68. The van der Waals surface area contributed by atoms with Crippen LogP contribution < -0.4 is 11.1 Å². The Morgan fingerprint density at radius 1 is 1.53 bits per heavy atom. The second-order valence-corrected chi connectivity index (χ2v) is 4.98. The number of rotatable bonds is 4. The molecular weight excluding hydrogens is 240 g/mol. The molecule has 0 heterocycles. The normalized spacial score (nSPS) is 11.3. The second kappa shape index (κ2) is 5.38. The van der Waals surface area contributed by atoms with E-state index in [4.69, 9.17) is 22.4 Å². The molecule has 4 N–H and O–H groups in total. The summed E-state index contributed by atoms with van der Waals surface area (Å²) in [5.41, 5.74) is 5.96. The molecule has 0 saturated heterocycles. The Labute approximate surface area is 106 Å². The molecule has 0 saturated carbocycles. The summed E-state index contributed by atoms with van der Waals surface area (Å²) < 4.78 is 0. The monoisotopic (exact) mass is 256 g/mol. The van der Waals surface area contributed by atoms with Crippen molar-refractivity contribution >= 4 is 23.2 Å². The van der Waals surface area contributed by atoms with Crippen LogP contribution in [0, 0.1) is 0 Å². The first-order valence-electron chi connectivity index (χ1n) is 5.34. The van der Waals surface area contributed by atoms with Crippen molar-refractivity contribution in [3.63, 3.8) is 0 Å². The van der Waals surface area contributed by atoms with Gasteiger partial charge in [0.15, 0.2) is 0 Å². The van der Waals surface area contributed by atoms with Gasteiger partial charge in [0.05, 0.1) is 5.56 Å². The molecule has 0 unspecified atom stereocenters. The van der Waals surface area contributed by atoms with Crippen LogP contribution >= 0.6 is 11.6 Å². The van der Waals surface area contributed by atoms with Crippen molar-refractivity contribution in [3.05, 3.63) is 28.8 Å². The largest absolute Gasteiger partial charge is 0.398 e. The molecule has 4 nitrogen and oxygen atoms in total. The molecule has 17 heavy (non-hydrogen) atoms. The van der Waals surface area contributed by atoms with Crippen molar-refractivity contribution < 1.29 is 9.90 Å². The van der Waals surface area contributed by atoms with Gasteiger partial charge in [0, 0.05) is 22.9 Å². The molecule has 94 valence electrons. The topological polar surface area (TPSA) is 75.3 Å². The summed E-state index contributed by atoms with van der Waals surface area (Å²) in [5.74, 6) is -0.288. The summed E-state index contributed by atoms with van der Waals surface area (Å²) in [4.78, 5) is 12.0. The predicted molar refractivity (Wildman–Crippen MR) is 69.1 cm³/mol. The minimum Gasteiger partial charge on any atom is -0.398 e. The summed E-state index contributed by atoms with van der Waals surface area (Å²) in [6.07, 6.45) is 0.471. The van der Waals surface area contributed by atoms with E-state index in [1.165, 1.54) is 6.07 Å². The number of benzene rings is 1. The van der Waals surface area contributed by atoms with E-state index in [0.717, 1.165) is 0 Å². The fraction of sp³-hybridized carbons (Fsp3) is 0.417. The van der Waals surface area contributed by atoms with Crippen molar-refractivity contribution in [1.29, 1.82) is 0 Å². The number of anilines is 1. The lowest BCUT2D eigenvalue weighted by Crippen LogP contribution is -2.44. The first-order chi connectivity index (χ1) is 7.85. The number of nitrogen functional groups attached to an aromatic ring is 1. The molecule has 0 fully saturated rings. The zero-order valence-corrected chi connectivity index (χ0v) is 10.7. The van der Waals surface area contributed by atoms with Gasteiger partial charge in [0.1, 0.15) is 0 Å². The molecule has 0 bridgehead atoms. The Hall–Kier alpha value is -1.26. The van der Waals surface area contributed by atoms with Crippen molar-refractivity contribution in [3.8, 4) is 0 Å². The predicted octanol–water partition coefficient (Wildman–Crippen LogP) is 1.81. The van der Waals surface area contributed by atoms with Gasteiger partial charge in [-0.05, 0) is 38.5 Å². The first kappa shape index (κ1) is 13.8. The van der Waals surface area contributed by atoms with Crippen LogP contribution in [-0.2, 0) is 0 Å². The van der Waals surface area contributed by atoms with E-state index in [0.29, 0.717) is 22.7 Å². The van der Waals surface area contributed by atoms with Gasteiger partial charge < -0.3 is 16.2 Å². The van der Waals surface area contributed by atoms with Gasteiger partial charge >= 0.3 is 0 Å². The van der Waals surface area contributed by atoms with Gasteiger partial charge in [-0.3, -0.25) is 4.79 Å². The number of carbonyl (C=O) groups excluding carboxylic acids is 1. The number of aliphatic hydroxyl groups is 1. The lowest BCUT2D eigenvalue weighted by atomic mass is 10.0. The van der Waals surface area contributed by atoms with E-state index < -0.39 is 5.54 Å². The van der Waals surface area contributed by atoms with Crippen LogP contribution in [0.1, 0.15) is 30.6 Å². The SMILES string of the molecule is CC(C)(CCO)NC(=O)c1cc(Cl)ccc1N. The maximum atomic E-state index is 12.0. The molecular formula is C12H17ClN2O2. The molecule has 1 amide bonds. The molecule has 0 aliphatic rings. The lowest BCUT2D eigenvalue weighted by molar-refractivity contribution is 0.0900. The Morgan fingerprint density at radius 3 is 2.76 bits per heavy atom. The first-order valence-corrected chi connectivity index (χ1v) is 5.72. The van der Waals surface area contributed by atoms with Crippen LogP contribution in [0.4, 0.5) is 5.69 Å². The molecule has 1 aromatic rings. The van der Waals surface area contributed by atoms with Gasteiger partial charge in [-0.2, -0.15) is 0 Å². The Kier molecular flexibility index (Phi) is 4.37. The Bertz CT molecular complexity index is 419. The fourth-order valence-corrected chi connectivity index (χ4v) is 1.61. The van der Waals surface area contributed by atoms with E-state index >= 15 is 0 Å². The average Bonchev–Trinajstić information content (AvgIpc) is 2.20. The third-order valence-electron chi connectivity index (χ3n) is 2.45. The third kappa shape index (κ3) is 3.91. The minimum atomic E-state index is -0.486. The lowest BCUT2D eigenvalue weighted by Gasteiger charge is -2.25. The van der Waals surface area contributed by atoms with Crippen LogP contribution in [0.25, 0.3) is 0 Å². The number of nitrogens with two attached hydrogens (primary N) is 1. The van der Waals surface area contributed by atoms with Crippen LogP contribution in [0.3, 0.4) is 0 Å². The zero-order valence-electron chi connectivity index (χ0n) is 9.96. The highest BCUT2D eigenvalue weighted by Crippen LogP contribution is 2.19. The molecule has 0 aliphatic heterocycles. The number of nitrogens with one attached hydrogen (secondary N) is 1. The standard InChI is InChI=1S/C12H17ClN2O2/c1-12(2,5-6-16)15-11(17)9-7-8(13)3-4-10(9)14/h3-4,7,16H,5-6,14H2,1-2H3,(H,15,17). The number of carbonyl (C=O) groups is 1. The van der Waals surface area contributed by atoms with Crippen molar-refractivity contribution in [2.75, 3.05) is 12.3 Å². The van der Waals surface area contributed by atoms with E-state index in [9.17, 15) is 4.79 Å². The third-order valence-corrected chi connectivity index (χ3v) is 2.68. The molecule has 0 aromatic heterocycles. The maximum absolute atomic E-state index is 12.0. The summed E-state index contributed by atoms with van der Waals surface area (Å²) in [7, 11) is 0. The summed E-state index contributed by atoms with van der Waals surface area (Å²) in [5, 5.41) is 12.2. The van der Waals surface area contributed by atoms with Crippen molar-refractivity contribution in [2.24, 2.45) is 0 Å². The van der Waals surface area contributed by atoms with Gasteiger partial charge in [0.2, 0.25) is 0 Å². The van der Waals surface area contributed by atoms with E-state index in [1.54, 1.807) is 12.1 Å². The zero-order chi connectivity index (χ0) is 13.1. The molecule has 5 heteroatoms. The molecule has 0 spiro atoms. The van der Waals surface area contributed by atoms with Crippen molar-refractivity contribution in [1.82, 2.24) is 5.32 Å². The smallest absolute Gasteiger partial charge is 0.253 e. The molecule has 1 rings (SSSR count). The average molecular weight is 257 g/mol. The highest BCUT2D eigenvalue weighted by Gasteiger charge is 2.21. The number of hydrogen-bond donors (Lipinski definition) is 3. The van der Waals surface area contributed by atoms with Gasteiger partial charge in [-0.15, -0.1) is 0 Å². The summed E-state index contributed by atoms with van der Waals surface area (Å²) in [6, 6.07) is 4.75. The molecule has 0 aliphatic carbocycles. The number of amides is 1. The molecule has 1 aromatic carbocycles. The van der Waals surface area contributed by atoms with Crippen LogP contribution in [0.15, 0.2) is 18.2 Å². The summed E-state index contributed by atoms with van der Waals surface area (Å²) >= 11 is 5.82. The number of aliphatic hydroxyl groups excluding tert-OH is 1. The van der Waals surface area contributed by atoms with Crippen LogP contribution in [0.5, 0.6) is 0 Å². The number of halogens is 1.